The molecule has 1 saturated carbocycles. The molecule has 2 fully saturated rings. The first kappa shape index (κ1) is 22.6. The molecule has 0 aromatic heterocycles. The van der Waals surface area contributed by atoms with Crippen molar-refractivity contribution in [2.45, 2.75) is 90.1 Å². The Morgan fingerprint density at radius 1 is 0.933 bits per heavy atom. The van der Waals surface area contributed by atoms with Crippen LogP contribution in [-0.2, 0) is 9.59 Å². The maximum absolute atomic E-state index is 13.5. The van der Waals surface area contributed by atoms with Crippen LogP contribution in [0.25, 0.3) is 0 Å². The summed E-state index contributed by atoms with van der Waals surface area (Å²) in [5.74, 6) is 0.988. The predicted octanol–water partition coefficient (Wildman–Crippen LogP) is 5.10. The molecular weight excluding hydrogens is 376 g/mol. The zero-order chi connectivity index (χ0) is 21.3. The van der Waals surface area contributed by atoms with E-state index in [0.717, 1.165) is 56.4 Å². The van der Waals surface area contributed by atoms with Crippen LogP contribution >= 0.6 is 0 Å². The Labute approximate surface area is 181 Å². The number of unbranched alkanes of at least 4 members (excludes halogenated alkanes) is 3. The molecule has 1 heterocycles. The zero-order valence-corrected chi connectivity index (χ0v) is 18.8. The van der Waals surface area contributed by atoms with Gasteiger partial charge in [0.05, 0.1) is 6.61 Å². The normalized spacial score (nSPS) is 20.7. The third-order valence-corrected chi connectivity index (χ3v) is 6.40. The van der Waals surface area contributed by atoms with Crippen molar-refractivity contribution in [1.29, 1.82) is 0 Å². The molecule has 0 N–H and O–H groups in total. The first-order chi connectivity index (χ1) is 14.7. The molecule has 2 amide bonds. The Morgan fingerprint density at radius 3 is 2.33 bits per heavy atom. The van der Waals surface area contributed by atoms with Crippen LogP contribution < -0.4 is 4.74 Å². The van der Waals surface area contributed by atoms with E-state index in [9.17, 15) is 9.59 Å². The fraction of sp³-hybridized carbons (Fsp3) is 0.680. The van der Waals surface area contributed by atoms with Gasteiger partial charge in [-0.25, -0.2) is 0 Å². The molecule has 1 aromatic carbocycles. The number of nitrogens with zero attached hydrogens (tertiary/aromatic N) is 2. The summed E-state index contributed by atoms with van der Waals surface area (Å²) in [6, 6.07) is 7.51. The third-order valence-electron chi connectivity index (χ3n) is 6.40. The van der Waals surface area contributed by atoms with E-state index < -0.39 is 6.04 Å². The molecule has 5 nitrogen and oxygen atoms in total. The minimum atomic E-state index is -0.508. The summed E-state index contributed by atoms with van der Waals surface area (Å²) in [4.78, 5) is 30.1. The van der Waals surface area contributed by atoms with Crippen LogP contribution in [0.3, 0.4) is 0 Å². The topological polar surface area (TPSA) is 49.9 Å². The Kier molecular flexibility index (Phi) is 8.59. The second kappa shape index (κ2) is 11.4. The van der Waals surface area contributed by atoms with Gasteiger partial charge in [-0.15, -0.1) is 0 Å². The summed E-state index contributed by atoms with van der Waals surface area (Å²) < 4.78 is 5.86. The van der Waals surface area contributed by atoms with E-state index in [1.54, 1.807) is 4.90 Å². The van der Waals surface area contributed by atoms with Crippen molar-refractivity contribution < 1.29 is 14.3 Å². The number of hydrogen-bond acceptors (Lipinski definition) is 3. The second-order valence-electron chi connectivity index (χ2n) is 8.73. The van der Waals surface area contributed by atoms with E-state index in [2.05, 4.69) is 13.8 Å². The Bertz CT molecular complexity index is 682. The minimum absolute atomic E-state index is 0.0725. The average molecular weight is 415 g/mol. The number of carbonyl (C=O) groups is 2. The molecular formula is C25H38N2O3. The van der Waals surface area contributed by atoms with Crippen LogP contribution in [0.2, 0.25) is 0 Å². The fourth-order valence-electron chi connectivity index (χ4n) is 4.73. The van der Waals surface area contributed by atoms with E-state index in [1.807, 2.05) is 29.2 Å². The molecule has 2 aliphatic rings. The number of rotatable bonds is 10. The van der Waals surface area contributed by atoms with Gasteiger partial charge >= 0.3 is 0 Å². The highest BCUT2D eigenvalue weighted by Crippen LogP contribution is 2.33. The number of ether oxygens (including phenoxy) is 1. The molecule has 1 atom stereocenters. The van der Waals surface area contributed by atoms with Crippen molar-refractivity contribution in [3.63, 3.8) is 0 Å². The zero-order valence-electron chi connectivity index (χ0n) is 18.8. The van der Waals surface area contributed by atoms with Crippen LogP contribution in [-0.4, -0.2) is 47.4 Å². The van der Waals surface area contributed by atoms with Crippen molar-refractivity contribution in [3.05, 3.63) is 29.8 Å². The summed E-state index contributed by atoms with van der Waals surface area (Å²) >= 11 is 0. The van der Waals surface area contributed by atoms with Gasteiger partial charge < -0.3 is 14.5 Å². The molecule has 0 bridgehead atoms. The first-order valence-electron chi connectivity index (χ1n) is 12.0. The SMILES string of the molecule is CCCCCCOc1ccc(C2C(=O)N(C3CCCCC3)CC(=O)N2CCC)cc1. The molecule has 1 aliphatic carbocycles. The maximum atomic E-state index is 13.5. The summed E-state index contributed by atoms with van der Waals surface area (Å²) in [6.07, 6.45) is 11.1. The van der Waals surface area contributed by atoms with Crippen LogP contribution in [0.15, 0.2) is 24.3 Å². The van der Waals surface area contributed by atoms with Gasteiger partial charge in [-0.1, -0.05) is 64.5 Å². The molecule has 3 rings (SSSR count). The predicted molar refractivity (Wildman–Crippen MR) is 119 cm³/mol. The molecule has 166 valence electrons. The lowest BCUT2D eigenvalue weighted by Gasteiger charge is -2.44. The van der Waals surface area contributed by atoms with Gasteiger partial charge in [-0.3, -0.25) is 9.59 Å². The van der Waals surface area contributed by atoms with Crippen LogP contribution in [0, 0.1) is 0 Å². The highest BCUT2D eigenvalue weighted by atomic mass is 16.5. The van der Waals surface area contributed by atoms with E-state index in [0.29, 0.717) is 6.54 Å². The van der Waals surface area contributed by atoms with Crippen molar-refractivity contribution in [2.24, 2.45) is 0 Å². The molecule has 0 radical (unpaired) electrons. The van der Waals surface area contributed by atoms with E-state index in [1.165, 1.54) is 25.7 Å². The van der Waals surface area contributed by atoms with Gasteiger partial charge in [0.2, 0.25) is 5.91 Å². The highest BCUT2D eigenvalue weighted by molar-refractivity contribution is 5.95. The summed E-state index contributed by atoms with van der Waals surface area (Å²) in [5.41, 5.74) is 0.889. The second-order valence-corrected chi connectivity index (χ2v) is 8.73. The first-order valence-corrected chi connectivity index (χ1v) is 12.0. The van der Waals surface area contributed by atoms with Crippen molar-refractivity contribution in [1.82, 2.24) is 9.80 Å². The van der Waals surface area contributed by atoms with Crippen LogP contribution in [0.4, 0.5) is 0 Å². The molecule has 5 heteroatoms. The number of carbonyl (C=O) groups excluding carboxylic acids is 2. The number of piperazine rings is 1. The fourth-order valence-corrected chi connectivity index (χ4v) is 4.73. The van der Waals surface area contributed by atoms with Gasteiger partial charge in [0, 0.05) is 12.6 Å². The van der Waals surface area contributed by atoms with Gasteiger partial charge in [-0.05, 0) is 43.4 Å². The smallest absolute Gasteiger partial charge is 0.250 e. The average Bonchev–Trinajstić information content (AvgIpc) is 2.77. The lowest BCUT2D eigenvalue weighted by molar-refractivity contribution is -0.159. The molecule has 1 aromatic rings. The minimum Gasteiger partial charge on any atom is -0.494 e. The van der Waals surface area contributed by atoms with Crippen LogP contribution in [0.1, 0.15) is 89.7 Å². The van der Waals surface area contributed by atoms with Crippen molar-refractivity contribution in [2.75, 3.05) is 19.7 Å². The van der Waals surface area contributed by atoms with Crippen LogP contribution in [0.5, 0.6) is 5.75 Å². The van der Waals surface area contributed by atoms with Gasteiger partial charge in [0.25, 0.3) is 5.91 Å². The Balaban J connectivity index is 1.72. The van der Waals surface area contributed by atoms with Gasteiger partial charge in [0.1, 0.15) is 18.3 Å². The molecule has 1 unspecified atom stereocenters. The molecule has 1 saturated heterocycles. The maximum Gasteiger partial charge on any atom is 0.250 e. The number of amides is 2. The summed E-state index contributed by atoms with van der Waals surface area (Å²) in [7, 11) is 0. The van der Waals surface area contributed by atoms with E-state index >= 15 is 0 Å². The Morgan fingerprint density at radius 2 is 1.67 bits per heavy atom. The van der Waals surface area contributed by atoms with E-state index in [4.69, 9.17) is 4.74 Å². The largest absolute Gasteiger partial charge is 0.494 e. The Hall–Kier alpha value is -2.04. The molecule has 30 heavy (non-hydrogen) atoms. The van der Waals surface area contributed by atoms with Crippen molar-refractivity contribution >= 4 is 11.8 Å². The number of hydrogen-bond donors (Lipinski definition) is 0. The van der Waals surface area contributed by atoms with Gasteiger partial charge in [0.15, 0.2) is 0 Å². The monoisotopic (exact) mass is 414 g/mol. The van der Waals surface area contributed by atoms with E-state index in [-0.39, 0.29) is 24.4 Å². The molecule has 1 aliphatic heterocycles. The standard InChI is InChI=1S/C25H38N2O3/c1-3-5-6-10-18-30-22-15-13-20(14-16-22)24-25(29)27(21-11-8-7-9-12-21)19-23(28)26(24)17-4-2/h13-16,21,24H,3-12,17-19H2,1-2H3. The van der Waals surface area contributed by atoms with Gasteiger partial charge in [-0.2, -0.15) is 0 Å². The summed E-state index contributed by atoms with van der Waals surface area (Å²) in [6.45, 7) is 5.83. The lowest BCUT2D eigenvalue weighted by atomic mass is 9.91. The third kappa shape index (κ3) is 5.55. The van der Waals surface area contributed by atoms with Crippen molar-refractivity contribution in [3.8, 4) is 5.75 Å². The quantitative estimate of drug-likeness (QED) is 0.501. The number of benzene rings is 1. The highest BCUT2D eigenvalue weighted by Gasteiger charge is 2.42. The summed E-state index contributed by atoms with van der Waals surface area (Å²) in [5, 5.41) is 0. The molecule has 0 spiro atoms. The lowest BCUT2D eigenvalue weighted by Crippen LogP contribution is -2.58.